The van der Waals surface area contributed by atoms with Gasteiger partial charge in [-0.15, -0.1) is 0 Å². The summed E-state index contributed by atoms with van der Waals surface area (Å²) < 4.78 is 0. The highest BCUT2D eigenvalue weighted by molar-refractivity contribution is 6.30. The van der Waals surface area contributed by atoms with Gasteiger partial charge in [-0.05, 0) is 32.9 Å². The SMILES string of the molecule is CC(C)(C)NCCC(=O)Nc1ccc(Cl)cn1. The molecule has 94 valence electrons. The van der Waals surface area contributed by atoms with Crippen molar-refractivity contribution in [3.63, 3.8) is 0 Å². The highest BCUT2D eigenvalue weighted by Crippen LogP contribution is 2.09. The Morgan fingerprint density at radius 3 is 2.65 bits per heavy atom. The molecule has 4 nitrogen and oxygen atoms in total. The second-order valence-electron chi connectivity index (χ2n) is 4.84. The maximum Gasteiger partial charge on any atom is 0.226 e. The lowest BCUT2D eigenvalue weighted by Gasteiger charge is -2.20. The third kappa shape index (κ3) is 6.24. The van der Waals surface area contributed by atoms with Crippen molar-refractivity contribution in [2.45, 2.75) is 32.7 Å². The summed E-state index contributed by atoms with van der Waals surface area (Å²) in [4.78, 5) is 15.5. The molecule has 1 rings (SSSR count). The topological polar surface area (TPSA) is 54.0 Å². The Balaban J connectivity index is 2.32. The van der Waals surface area contributed by atoms with E-state index in [2.05, 4.69) is 36.4 Å². The summed E-state index contributed by atoms with van der Waals surface area (Å²) in [5, 5.41) is 6.51. The summed E-state index contributed by atoms with van der Waals surface area (Å²) in [6, 6.07) is 3.37. The zero-order chi connectivity index (χ0) is 12.9. The molecule has 0 bridgehead atoms. The molecule has 0 aliphatic rings. The predicted octanol–water partition coefficient (Wildman–Crippen LogP) is 2.45. The van der Waals surface area contributed by atoms with Gasteiger partial charge in [0.05, 0.1) is 5.02 Å². The second kappa shape index (κ2) is 5.98. The molecule has 0 aliphatic carbocycles. The number of nitrogens with zero attached hydrogens (tertiary/aromatic N) is 1. The minimum Gasteiger partial charge on any atom is -0.312 e. The molecule has 1 amide bonds. The first-order valence-corrected chi connectivity index (χ1v) is 5.91. The van der Waals surface area contributed by atoms with Gasteiger partial charge in [-0.2, -0.15) is 0 Å². The van der Waals surface area contributed by atoms with E-state index in [1.807, 2.05) is 0 Å². The van der Waals surface area contributed by atoms with Gasteiger partial charge < -0.3 is 10.6 Å². The van der Waals surface area contributed by atoms with Gasteiger partial charge in [0.25, 0.3) is 0 Å². The number of amides is 1. The predicted molar refractivity (Wildman–Crippen MR) is 70.2 cm³/mol. The van der Waals surface area contributed by atoms with Crippen LogP contribution in [-0.2, 0) is 4.79 Å². The average molecular weight is 256 g/mol. The molecule has 1 aromatic heterocycles. The fourth-order valence-corrected chi connectivity index (χ4v) is 1.32. The standard InChI is InChI=1S/C12H18ClN3O/c1-12(2,3)15-7-6-11(17)16-10-5-4-9(13)8-14-10/h4-5,8,15H,6-7H2,1-3H3,(H,14,16,17). The average Bonchev–Trinajstić information content (AvgIpc) is 2.19. The third-order valence-electron chi connectivity index (χ3n) is 2.00. The van der Waals surface area contributed by atoms with Crippen LogP contribution in [0.5, 0.6) is 0 Å². The molecule has 5 heteroatoms. The van der Waals surface area contributed by atoms with Gasteiger partial charge in [0.1, 0.15) is 5.82 Å². The Kier molecular flexibility index (Phi) is 4.90. The van der Waals surface area contributed by atoms with Crippen molar-refractivity contribution in [3.05, 3.63) is 23.4 Å². The van der Waals surface area contributed by atoms with Gasteiger partial charge in [0, 0.05) is 24.7 Å². The van der Waals surface area contributed by atoms with E-state index in [0.29, 0.717) is 23.8 Å². The van der Waals surface area contributed by atoms with Crippen LogP contribution in [0, 0.1) is 0 Å². The van der Waals surface area contributed by atoms with Crippen LogP contribution in [0.4, 0.5) is 5.82 Å². The number of carbonyl (C=O) groups is 1. The first-order chi connectivity index (χ1) is 7.87. The van der Waals surface area contributed by atoms with E-state index in [9.17, 15) is 4.79 Å². The molecule has 0 unspecified atom stereocenters. The summed E-state index contributed by atoms with van der Waals surface area (Å²) in [5.41, 5.74) is 0.0266. The number of pyridine rings is 1. The molecule has 0 atom stereocenters. The molecular weight excluding hydrogens is 238 g/mol. The van der Waals surface area contributed by atoms with Crippen molar-refractivity contribution in [2.24, 2.45) is 0 Å². The second-order valence-corrected chi connectivity index (χ2v) is 5.27. The van der Waals surface area contributed by atoms with Crippen molar-refractivity contribution >= 4 is 23.3 Å². The quantitative estimate of drug-likeness (QED) is 0.869. The van der Waals surface area contributed by atoms with Crippen LogP contribution in [0.1, 0.15) is 27.2 Å². The Labute approximate surface area is 107 Å². The van der Waals surface area contributed by atoms with Gasteiger partial charge in [-0.1, -0.05) is 11.6 Å². The summed E-state index contributed by atoms with van der Waals surface area (Å²) >= 11 is 5.70. The van der Waals surface area contributed by atoms with Crippen LogP contribution in [0.3, 0.4) is 0 Å². The fraction of sp³-hybridized carbons (Fsp3) is 0.500. The third-order valence-corrected chi connectivity index (χ3v) is 2.23. The van der Waals surface area contributed by atoms with Gasteiger partial charge in [0.15, 0.2) is 0 Å². The number of anilines is 1. The smallest absolute Gasteiger partial charge is 0.226 e. The van der Waals surface area contributed by atoms with Crippen molar-refractivity contribution in [1.82, 2.24) is 10.3 Å². The molecule has 1 aromatic rings. The van der Waals surface area contributed by atoms with E-state index in [0.717, 1.165) is 0 Å². The number of nitrogens with one attached hydrogen (secondary N) is 2. The highest BCUT2D eigenvalue weighted by atomic mass is 35.5. The van der Waals surface area contributed by atoms with Crippen molar-refractivity contribution in [2.75, 3.05) is 11.9 Å². The molecule has 0 spiro atoms. The largest absolute Gasteiger partial charge is 0.312 e. The Bertz CT molecular complexity index is 370. The Morgan fingerprint density at radius 2 is 2.12 bits per heavy atom. The lowest BCUT2D eigenvalue weighted by Crippen LogP contribution is -2.37. The summed E-state index contributed by atoms with van der Waals surface area (Å²) in [6.45, 7) is 6.83. The van der Waals surface area contributed by atoms with Crippen LogP contribution in [-0.4, -0.2) is 23.0 Å². The molecule has 1 heterocycles. The van der Waals surface area contributed by atoms with E-state index in [1.165, 1.54) is 6.20 Å². The zero-order valence-corrected chi connectivity index (χ0v) is 11.1. The Morgan fingerprint density at radius 1 is 1.41 bits per heavy atom. The van der Waals surface area contributed by atoms with Crippen LogP contribution in [0.2, 0.25) is 5.02 Å². The number of rotatable bonds is 4. The van der Waals surface area contributed by atoms with Crippen LogP contribution < -0.4 is 10.6 Å². The Hall–Kier alpha value is -1.13. The van der Waals surface area contributed by atoms with Gasteiger partial charge in [-0.3, -0.25) is 4.79 Å². The molecule has 17 heavy (non-hydrogen) atoms. The zero-order valence-electron chi connectivity index (χ0n) is 10.4. The maximum absolute atomic E-state index is 11.6. The lowest BCUT2D eigenvalue weighted by atomic mass is 10.1. The number of aromatic nitrogens is 1. The van der Waals surface area contributed by atoms with Gasteiger partial charge in [-0.25, -0.2) is 4.98 Å². The fourth-order valence-electron chi connectivity index (χ4n) is 1.21. The van der Waals surface area contributed by atoms with Gasteiger partial charge >= 0.3 is 0 Å². The molecule has 0 aromatic carbocycles. The van der Waals surface area contributed by atoms with E-state index < -0.39 is 0 Å². The maximum atomic E-state index is 11.6. The first kappa shape index (κ1) is 13.9. The highest BCUT2D eigenvalue weighted by Gasteiger charge is 2.09. The molecule has 0 saturated carbocycles. The van der Waals surface area contributed by atoms with E-state index in [-0.39, 0.29) is 11.4 Å². The van der Waals surface area contributed by atoms with Crippen molar-refractivity contribution < 1.29 is 4.79 Å². The van der Waals surface area contributed by atoms with Gasteiger partial charge in [0.2, 0.25) is 5.91 Å². The lowest BCUT2D eigenvalue weighted by molar-refractivity contribution is -0.116. The van der Waals surface area contributed by atoms with Crippen LogP contribution >= 0.6 is 11.6 Å². The monoisotopic (exact) mass is 255 g/mol. The number of hydrogen-bond donors (Lipinski definition) is 2. The van der Waals surface area contributed by atoms with Crippen LogP contribution in [0.15, 0.2) is 18.3 Å². The number of halogens is 1. The molecule has 2 N–H and O–H groups in total. The molecule has 0 radical (unpaired) electrons. The summed E-state index contributed by atoms with van der Waals surface area (Å²) in [6.07, 6.45) is 1.92. The van der Waals surface area contributed by atoms with E-state index >= 15 is 0 Å². The molecular formula is C12H18ClN3O. The summed E-state index contributed by atoms with van der Waals surface area (Å²) in [5.74, 6) is 0.465. The van der Waals surface area contributed by atoms with Crippen molar-refractivity contribution in [3.8, 4) is 0 Å². The number of hydrogen-bond acceptors (Lipinski definition) is 3. The summed E-state index contributed by atoms with van der Waals surface area (Å²) in [7, 11) is 0. The van der Waals surface area contributed by atoms with E-state index in [4.69, 9.17) is 11.6 Å². The molecule has 0 aliphatic heterocycles. The van der Waals surface area contributed by atoms with Crippen LogP contribution in [0.25, 0.3) is 0 Å². The number of carbonyl (C=O) groups excluding carboxylic acids is 1. The molecule has 0 fully saturated rings. The minimum absolute atomic E-state index is 0.0266. The van der Waals surface area contributed by atoms with Crippen molar-refractivity contribution in [1.29, 1.82) is 0 Å². The normalized spacial score (nSPS) is 11.3. The first-order valence-electron chi connectivity index (χ1n) is 5.53. The molecule has 0 saturated heterocycles. The minimum atomic E-state index is -0.0587. The van der Waals surface area contributed by atoms with E-state index in [1.54, 1.807) is 12.1 Å².